The molecule has 1 amide bonds. The maximum atomic E-state index is 12.3. The van der Waals surface area contributed by atoms with Crippen LogP contribution in [0.15, 0.2) is 48.5 Å². The molecule has 0 aliphatic carbocycles. The Hall–Kier alpha value is -2.29. The summed E-state index contributed by atoms with van der Waals surface area (Å²) in [5.41, 5.74) is 4.61. The van der Waals surface area contributed by atoms with Crippen LogP contribution >= 0.6 is 0 Å². The molecule has 210 valence electrons. The van der Waals surface area contributed by atoms with Crippen LogP contribution in [0.25, 0.3) is 0 Å². The molecule has 1 heterocycles. The molecule has 0 spiro atoms. The van der Waals surface area contributed by atoms with E-state index in [4.69, 9.17) is 0 Å². The third-order valence-corrected chi connectivity index (χ3v) is 8.19. The van der Waals surface area contributed by atoms with E-state index >= 15 is 0 Å². The number of hydrogen-bond acceptors (Lipinski definition) is 2. The average Bonchev–Trinajstić information content (AvgIpc) is 3.26. The molecule has 0 aromatic heterocycles. The van der Waals surface area contributed by atoms with E-state index in [-0.39, 0.29) is 11.9 Å². The van der Waals surface area contributed by atoms with Crippen LogP contribution in [0.2, 0.25) is 0 Å². The highest BCUT2D eigenvalue weighted by molar-refractivity contribution is 5.99. The molecule has 1 unspecified atom stereocenters. The summed E-state index contributed by atoms with van der Waals surface area (Å²) < 4.78 is 0. The lowest BCUT2D eigenvalue weighted by molar-refractivity contribution is 0.0956. The Morgan fingerprint density at radius 1 is 0.632 bits per heavy atom. The average molecular weight is 519 g/mol. The van der Waals surface area contributed by atoms with Crippen molar-refractivity contribution >= 4 is 11.6 Å². The van der Waals surface area contributed by atoms with Crippen LogP contribution in [-0.2, 0) is 6.42 Å². The molecule has 2 aromatic rings. The van der Waals surface area contributed by atoms with Gasteiger partial charge in [0.25, 0.3) is 5.91 Å². The summed E-state index contributed by atoms with van der Waals surface area (Å²) in [6.07, 6.45) is 22.7. The number of fused-ring (bicyclic) bond motifs is 1. The third-order valence-electron chi connectivity index (χ3n) is 8.19. The van der Waals surface area contributed by atoms with Crippen LogP contribution in [0.1, 0.15) is 144 Å². The Bertz CT molecular complexity index is 886. The SMILES string of the molecule is CCCCCCCCCCN(CCCCCCCCCC)c1ccc(CC2NC(=O)c3ccccc32)cc1. The fourth-order valence-electron chi connectivity index (χ4n) is 5.80. The fourth-order valence-corrected chi connectivity index (χ4v) is 5.80. The number of carbonyl (C=O) groups is 1. The van der Waals surface area contributed by atoms with Gasteiger partial charge in [0.2, 0.25) is 0 Å². The van der Waals surface area contributed by atoms with Gasteiger partial charge in [0.15, 0.2) is 0 Å². The van der Waals surface area contributed by atoms with Gasteiger partial charge in [0.1, 0.15) is 0 Å². The molecule has 1 aliphatic rings. The molecule has 1 atom stereocenters. The van der Waals surface area contributed by atoms with Crippen molar-refractivity contribution in [2.75, 3.05) is 18.0 Å². The van der Waals surface area contributed by atoms with Crippen LogP contribution in [0.5, 0.6) is 0 Å². The van der Waals surface area contributed by atoms with E-state index in [0.29, 0.717) is 0 Å². The summed E-state index contributed by atoms with van der Waals surface area (Å²) in [5.74, 6) is 0.0594. The fraction of sp³-hybridized carbons (Fsp3) is 0.629. The van der Waals surface area contributed by atoms with Gasteiger partial charge < -0.3 is 10.2 Å². The second kappa shape index (κ2) is 18.1. The molecular formula is C35H54N2O. The number of nitrogens with zero attached hydrogens (tertiary/aromatic N) is 1. The van der Waals surface area contributed by atoms with Crippen molar-refractivity contribution in [1.29, 1.82) is 0 Å². The zero-order valence-electron chi connectivity index (χ0n) is 24.5. The number of nitrogens with one attached hydrogen (secondary N) is 1. The molecule has 38 heavy (non-hydrogen) atoms. The Balaban J connectivity index is 1.48. The summed E-state index contributed by atoms with van der Waals surface area (Å²) >= 11 is 0. The van der Waals surface area contributed by atoms with Crippen molar-refractivity contribution in [2.24, 2.45) is 0 Å². The number of hydrogen-bond donors (Lipinski definition) is 1. The largest absolute Gasteiger partial charge is 0.372 e. The number of rotatable bonds is 21. The zero-order chi connectivity index (χ0) is 26.8. The summed E-state index contributed by atoms with van der Waals surface area (Å²) in [7, 11) is 0. The molecule has 0 fully saturated rings. The van der Waals surface area contributed by atoms with Gasteiger partial charge in [-0.3, -0.25) is 4.79 Å². The molecule has 0 bridgehead atoms. The third kappa shape index (κ3) is 10.5. The van der Waals surface area contributed by atoms with E-state index in [9.17, 15) is 4.79 Å². The Labute approximate surface area is 233 Å². The predicted molar refractivity (Wildman–Crippen MR) is 164 cm³/mol. The highest BCUT2D eigenvalue weighted by atomic mass is 16.2. The van der Waals surface area contributed by atoms with E-state index in [1.54, 1.807) is 0 Å². The van der Waals surface area contributed by atoms with Gasteiger partial charge in [-0.15, -0.1) is 0 Å². The first-order chi connectivity index (χ1) is 18.7. The lowest BCUT2D eigenvalue weighted by Crippen LogP contribution is -2.25. The van der Waals surface area contributed by atoms with Crippen molar-refractivity contribution < 1.29 is 4.79 Å². The topological polar surface area (TPSA) is 32.3 Å². The highest BCUT2D eigenvalue weighted by Crippen LogP contribution is 2.29. The molecular weight excluding hydrogens is 464 g/mol. The number of unbranched alkanes of at least 4 members (excludes halogenated alkanes) is 14. The lowest BCUT2D eigenvalue weighted by atomic mass is 9.98. The van der Waals surface area contributed by atoms with Crippen molar-refractivity contribution in [3.05, 3.63) is 65.2 Å². The van der Waals surface area contributed by atoms with Crippen LogP contribution in [0.3, 0.4) is 0 Å². The molecule has 0 saturated heterocycles. The molecule has 0 radical (unpaired) electrons. The maximum absolute atomic E-state index is 12.3. The summed E-state index contributed by atoms with van der Waals surface area (Å²) in [6.45, 7) is 6.91. The van der Waals surface area contributed by atoms with E-state index in [0.717, 1.165) is 30.6 Å². The number of amides is 1. The van der Waals surface area contributed by atoms with Crippen molar-refractivity contribution in [2.45, 2.75) is 129 Å². The zero-order valence-corrected chi connectivity index (χ0v) is 24.5. The minimum absolute atomic E-state index is 0.0594. The van der Waals surface area contributed by atoms with E-state index in [1.165, 1.54) is 114 Å². The first-order valence-electron chi connectivity index (χ1n) is 16.0. The van der Waals surface area contributed by atoms with Gasteiger partial charge in [-0.1, -0.05) is 134 Å². The Morgan fingerprint density at radius 3 is 1.68 bits per heavy atom. The van der Waals surface area contributed by atoms with Crippen LogP contribution in [-0.4, -0.2) is 19.0 Å². The van der Waals surface area contributed by atoms with Gasteiger partial charge in [-0.05, 0) is 48.6 Å². The molecule has 3 rings (SSSR count). The molecule has 0 saturated carbocycles. The molecule has 1 N–H and O–H groups in total. The van der Waals surface area contributed by atoms with E-state index in [2.05, 4.69) is 54.4 Å². The monoisotopic (exact) mass is 518 g/mol. The van der Waals surface area contributed by atoms with Gasteiger partial charge in [-0.25, -0.2) is 0 Å². The first-order valence-corrected chi connectivity index (χ1v) is 16.0. The van der Waals surface area contributed by atoms with Crippen molar-refractivity contribution in [1.82, 2.24) is 5.32 Å². The van der Waals surface area contributed by atoms with Crippen molar-refractivity contribution in [3.8, 4) is 0 Å². The molecule has 1 aliphatic heterocycles. The maximum Gasteiger partial charge on any atom is 0.252 e. The molecule has 3 heteroatoms. The Kier molecular flexibility index (Phi) is 14.4. The number of carbonyl (C=O) groups excluding carboxylic acids is 1. The van der Waals surface area contributed by atoms with Crippen LogP contribution in [0, 0.1) is 0 Å². The smallest absolute Gasteiger partial charge is 0.252 e. The molecule has 2 aromatic carbocycles. The van der Waals surface area contributed by atoms with E-state index < -0.39 is 0 Å². The second-order valence-electron chi connectivity index (χ2n) is 11.4. The first kappa shape index (κ1) is 30.3. The lowest BCUT2D eigenvalue weighted by Gasteiger charge is -2.25. The number of benzene rings is 2. The quantitative estimate of drug-likeness (QED) is 0.167. The highest BCUT2D eigenvalue weighted by Gasteiger charge is 2.27. The molecule has 3 nitrogen and oxygen atoms in total. The van der Waals surface area contributed by atoms with Gasteiger partial charge in [-0.2, -0.15) is 0 Å². The summed E-state index contributed by atoms with van der Waals surface area (Å²) in [5, 5.41) is 3.17. The standard InChI is InChI=1S/C35H54N2O/c1-3-5-7-9-11-13-15-19-27-37(28-20-16-14-12-10-8-6-4-2)31-25-23-30(24-26-31)29-34-32-21-17-18-22-33(32)35(38)36-34/h17-18,21-26,34H,3-16,19-20,27-29H2,1-2H3,(H,36,38). The van der Waals surface area contributed by atoms with Gasteiger partial charge in [0.05, 0.1) is 6.04 Å². The summed E-state index contributed by atoms with van der Waals surface area (Å²) in [6, 6.07) is 17.3. The summed E-state index contributed by atoms with van der Waals surface area (Å²) in [4.78, 5) is 14.9. The second-order valence-corrected chi connectivity index (χ2v) is 11.4. The van der Waals surface area contributed by atoms with Gasteiger partial charge >= 0.3 is 0 Å². The Morgan fingerprint density at radius 2 is 1.13 bits per heavy atom. The van der Waals surface area contributed by atoms with Crippen molar-refractivity contribution in [3.63, 3.8) is 0 Å². The normalized spacial score (nSPS) is 14.5. The minimum Gasteiger partial charge on any atom is -0.372 e. The predicted octanol–water partition coefficient (Wildman–Crippen LogP) is 9.80. The van der Waals surface area contributed by atoms with Crippen LogP contribution < -0.4 is 10.2 Å². The minimum atomic E-state index is 0.0594. The van der Waals surface area contributed by atoms with E-state index in [1.807, 2.05) is 18.2 Å². The van der Waals surface area contributed by atoms with Crippen LogP contribution in [0.4, 0.5) is 5.69 Å². The number of anilines is 1. The van der Waals surface area contributed by atoms with Gasteiger partial charge in [0, 0.05) is 24.3 Å².